The summed E-state index contributed by atoms with van der Waals surface area (Å²) in [5.74, 6) is -2.03. The molecule has 3 N–H and O–H groups in total. The first-order valence-corrected chi connectivity index (χ1v) is 7.10. The van der Waals surface area contributed by atoms with Gasteiger partial charge < -0.3 is 15.5 Å². The zero-order chi connectivity index (χ0) is 16.0. The van der Waals surface area contributed by atoms with Crippen LogP contribution >= 0.6 is 11.8 Å². The number of carbonyl (C=O) groups is 2. The standard InChI is InChI=1S/C12H14N2O6S/c1-21-10-3-2-7(6-9(10)14(19)20)11(16)13-8(4-5-15)12(17)18/h2-3,6,8,15H,4-5H2,1H3,(H,13,16)(H,17,18)/t8-/m0/s1. The molecule has 1 rings (SSSR count). The van der Waals surface area contributed by atoms with Gasteiger partial charge in [0, 0.05) is 24.7 Å². The number of carbonyl (C=O) groups excluding carboxylic acids is 1. The van der Waals surface area contributed by atoms with Crippen molar-refractivity contribution in [2.24, 2.45) is 0 Å². The number of hydrogen-bond acceptors (Lipinski definition) is 6. The normalized spacial score (nSPS) is 11.7. The Kier molecular flexibility index (Phi) is 6.12. The van der Waals surface area contributed by atoms with Crippen molar-refractivity contribution in [3.05, 3.63) is 33.9 Å². The van der Waals surface area contributed by atoms with Crippen molar-refractivity contribution in [2.45, 2.75) is 17.4 Å². The number of aliphatic hydroxyl groups is 1. The van der Waals surface area contributed by atoms with E-state index in [4.69, 9.17) is 10.2 Å². The maximum atomic E-state index is 11.9. The van der Waals surface area contributed by atoms with Crippen LogP contribution in [0, 0.1) is 10.1 Å². The van der Waals surface area contributed by atoms with E-state index >= 15 is 0 Å². The van der Waals surface area contributed by atoms with Gasteiger partial charge in [0.25, 0.3) is 11.6 Å². The van der Waals surface area contributed by atoms with Crippen LogP contribution in [0.2, 0.25) is 0 Å². The van der Waals surface area contributed by atoms with Crippen LogP contribution in [0.25, 0.3) is 0 Å². The number of nitrogens with one attached hydrogen (secondary N) is 1. The Labute approximate surface area is 124 Å². The Morgan fingerprint density at radius 2 is 2.14 bits per heavy atom. The number of nitro groups is 1. The third-order valence-corrected chi connectivity index (χ3v) is 3.44. The molecule has 9 heteroatoms. The highest BCUT2D eigenvalue weighted by Gasteiger charge is 2.22. The van der Waals surface area contributed by atoms with E-state index in [0.717, 1.165) is 6.07 Å². The maximum absolute atomic E-state index is 11.9. The summed E-state index contributed by atoms with van der Waals surface area (Å²) in [5.41, 5.74) is -0.229. The minimum absolute atomic E-state index is 0.0105. The molecule has 8 nitrogen and oxygen atoms in total. The van der Waals surface area contributed by atoms with Crippen molar-refractivity contribution in [3.8, 4) is 0 Å². The van der Waals surface area contributed by atoms with Crippen LogP contribution in [-0.4, -0.2) is 45.9 Å². The van der Waals surface area contributed by atoms with E-state index in [-0.39, 0.29) is 17.7 Å². The van der Waals surface area contributed by atoms with Crippen molar-refractivity contribution in [2.75, 3.05) is 12.9 Å². The number of thioether (sulfide) groups is 1. The van der Waals surface area contributed by atoms with Crippen molar-refractivity contribution in [1.29, 1.82) is 0 Å². The average molecular weight is 314 g/mol. The van der Waals surface area contributed by atoms with E-state index in [0.29, 0.717) is 4.90 Å². The van der Waals surface area contributed by atoms with Crippen molar-refractivity contribution in [1.82, 2.24) is 5.32 Å². The lowest BCUT2D eigenvalue weighted by molar-refractivity contribution is -0.387. The van der Waals surface area contributed by atoms with Gasteiger partial charge in [0.15, 0.2) is 0 Å². The van der Waals surface area contributed by atoms with Gasteiger partial charge in [-0.1, -0.05) is 0 Å². The van der Waals surface area contributed by atoms with Crippen LogP contribution in [0.1, 0.15) is 16.8 Å². The number of hydrogen-bond donors (Lipinski definition) is 3. The molecular weight excluding hydrogens is 300 g/mol. The second-order valence-corrected chi connectivity index (χ2v) is 4.87. The molecule has 0 saturated carbocycles. The summed E-state index contributed by atoms with van der Waals surface area (Å²) >= 11 is 1.17. The molecule has 0 aromatic heterocycles. The molecule has 0 saturated heterocycles. The van der Waals surface area contributed by atoms with Crippen LogP contribution in [0.3, 0.4) is 0 Å². The Bertz CT molecular complexity index is 563. The summed E-state index contributed by atoms with van der Waals surface area (Å²) in [6.45, 7) is -0.400. The number of amides is 1. The second-order valence-electron chi connectivity index (χ2n) is 4.02. The van der Waals surface area contributed by atoms with E-state index in [9.17, 15) is 19.7 Å². The summed E-state index contributed by atoms with van der Waals surface area (Å²) in [6.07, 6.45) is 1.52. The molecule has 0 spiro atoms. The Balaban J connectivity index is 2.99. The number of carboxylic acid groups (broad SMARTS) is 1. The summed E-state index contributed by atoms with van der Waals surface area (Å²) in [7, 11) is 0. The maximum Gasteiger partial charge on any atom is 0.326 e. The van der Waals surface area contributed by atoms with Gasteiger partial charge in [-0.05, 0) is 18.4 Å². The van der Waals surface area contributed by atoms with Gasteiger partial charge in [0.2, 0.25) is 0 Å². The quantitative estimate of drug-likeness (QED) is 0.387. The molecular formula is C12H14N2O6S. The molecule has 0 radical (unpaired) electrons. The predicted octanol–water partition coefficient (Wildman–Crippen LogP) is 0.882. The molecule has 0 aliphatic carbocycles. The van der Waals surface area contributed by atoms with E-state index < -0.39 is 29.4 Å². The van der Waals surface area contributed by atoms with Crippen molar-refractivity contribution >= 4 is 29.3 Å². The topological polar surface area (TPSA) is 130 Å². The number of nitro benzene ring substituents is 1. The Hall–Kier alpha value is -2.13. The lowest BCUT2D eigenvalue weighted by Gasteiger charge is -2.13. The third-order valence-electron chi connectivity index (χ3n) is 2.66. The summed E-state index contributed by atoms with van der Waals surface area (Å²) in [5, 5.41) is 30.8. The van der Waals surface area contributed by atoms with Crippen molar-refractivity contribution < 1.29 is 24.7 Å². The number of aliphatic hydroxyl groups excluding tert-OH is 1. The smallest absolute Gasteiger partial charge is 0.326 e. The van der Waals surface area contributed by atoms with E-state index in [2.05, 4.69) is 5.32 Å². The van der Waals surface area contributed by atoms with Crippen LogP contribution < -0.4 is 5.32 Å². The van der Waals surface area contributed by atoms with Gasteiger partial charge in [-0.25, -0.2) is 4.79 Å². The molecule has 0 bridgehead atoms. The van der Waals surface area contributed by atoms with Gasteiger partial charge in [0.1, 0.15) is 6.04 Å². The molecule has 1 atom stereocenters. The average Bonchev–Trinajstić information content (AvgIpc) is 2.45. The van der Waals surface area contributed by atoms with E-state index in [1.54, 1.807) is 6.26 Å². The largest absolute Gasteiger partial charge is 0.480 e. The number of aliphatic carboxylic acids is 1. The minimum Gasteiger partial charge on any atom is -0.480 e. The highest BCUT2D eigenvalue weighted by atomic mass is 32.2. The van der Waals surface area contributed by atoms with Crippen LogP contribution in [-0.2, 0) is 4.79 Å². The Morgan fingerprint density at radius 3 is 2.62 bits per heavy atom. The van der Waals surface area contributed by atoms with Crippen LogP contribution in [0.5, 0.6) is 0 Å². The minimum atomic E-state index is -1.28. The van der Waals surface area contributed by atoms with Gasteiger partial charge in [-0.15, -0.1) is 11.8 Å². The molecule has 1 aromatic carbocycles. The molecule has 0 aliphatic heterocycles. The van der Waals surface area contributed by atoms with Crippen molar-refractivity contribution in [3.63, 3.8) is 0 Å². The molecule has 0 aliphatic rings. The fraction of sp³-hybridized carbons (Fsp3) is 0.333. The zero-order valence-corrected chi connectivity index (χ0v) is 11.9. The summed E-state index contributed by atoms with van der Waals surface area (Å²) in [4.78, 5) is 33.5. The molecule has 1 aromatic rings. The molecule has 0 heterocycles. The fourth-order valence-corrected chi connectivity index (χ4v) is 2.15. The first kappa shape index (κ1) is 16.9. The highest BCUT2D eigenvalue weighted by Crippen LogP contribution is 2.28. The number of rotatable bonds is 7. The fourth-order valence-electron chi connectivity index (χ4n) is 1.60. The summed E-state index contributed by atoms with van der Waals surface area (Å²) in [6, 6.07) is 2.66. The third kappa shape index (κ3) is 4.43. The van der Waals surface area contributed by atoms with Gasteiger partial charge in [-0.3, -0.25) is 14.9 Å². The molecule has 0 unspecified atom stereocenters. The number of benzene rings is 1. The molecule has 21 heavy (non-hydrogen) atoms. The highest BCUT2D eigenvalue weighted by molar-refractivity contribution is 7.98. The van der Waals surface area contributed by atoms with Crippen LogP contribution in [0.15, 0.2) is 23.1 Å². The molecule has 0 fully saturated rings. The lowest BCUT2D eigenvalue weighted by atomic mass is 10.1. The SMILES string of the molecule is CSc1ccc(C(=O)N[C@@H](CCO)C(=O)O)cc1[N+](=O)[O-]. The number of nitrogens with zero attached hydrogens (tertiary/aromatic N) is 1. The van der Waals surface area contributed by atoms with Gasteiger partial charge in [-0.2, -0.15) is 0 Å². The van der Waals surface area contributed by atoms with E-state index in [1.807, 2.05) is 0 Å². The zero-order valence-electron chi connectivity index (χ0n) is 11.1. The second kappa shape index (κ2) is 7.60. The van der Waals surface area contributed by atoms with Gasteiger partial charge in [0.05, 0.1) is 9.82 Å². The monoisotopic (exact) mass is 314 g/mol. The lowest BCUT2D eigenvalue weighted by Crippen LogP contribution is -2.41. The Morgan fingerprint density at radius 1 is 1.48 bits per heavy atom. The van der Waals surface area contributed by atoms with E-state index in [1.165, 1.54) is 23.9 Å². The summed E-state index contributed by atoms with van der Waals surface area (Å²) < 4.78 is 0. The molecule has 114 valence electrons. The van der Waals surface area contributed by atoms with Gasteiger partial charge >= 0.3 is 5.97 Å². The number of carboxylic acids is 1. The predicted molar refractivity (Wildman–Crippen MR) is 75.5 cm³/mol. The first-order valence-electron chi connectivity index (χ1n) is 5.87. The molecule has 1 amide bonds. The van der Waals surface area contributed by atoms with Crippen LogP contribution in [0.4, 0.5) is 5.69 Å². The first-order chi connectivity index (χ1) is 9.90.